The van der Waals surface area contributed by atoms with Gasteiger partial charge >= 0.3 is 0 Å². The lowest BCUT2D eigenvalue weighted by molar-refractivity contribution is 0.0854. The van der Waals surface area contributed by atoms with Gasteiger partial charge in [0, 0.05) is 6.04 Å². The lowest BCUT2D eigenvalue weighted by Crippen LogP contribution is -2.32. The maximum Gasteiger partial charge on any atom is 0.0540 e. The van der Waals surface area contributed by atoms with Gasteiger partial charge in [-0.05, 0) is 51.4 Å². The predicted molar refractivity (Wildman–Crippen MR) is 50.8 cm³/mol. The first-order valence-electron chi connectivity index (χ1n) is 5.05. The van der Waals surface area contributed by atoms with Gasteiger partial charge in [-0.25, -0.2) is 0 Å². The first kappa shape index (κ1) is 10.0. The van der Waals surface area contributed by atoms with Crippen LogP contribution >= 0.6 is 0 Å². The highest BCUT2D eigenvalue weighted by Crippen LogP contribution is 2.31. The summed E-state index contributed by atoms with van der Waals surface area (Å²) in [6.45, 7) is 3.99. The molecule has 0 heterocycles. The molecule has 0 aromatic heterocycles. The molecule has 0 spiro atoms. The number of hydrogen-bond acceptors (Lipinski definition) is 2. The van der Waals surface area contributed by atoms with Crippen LogP contribution in [0.3, 0.4) is 0 Å². The third-order valence-corrected chi connectivity index (χ3v) is 3.24. The van der Waals surface area contributed by atoms with Crippen molar-refractivity contribution < 1.29 is 5.11 Å². The van der Waals surface area contributed by atoms with Gasteiger partial charge < -0.3 is 10.8 Å². The molecule has 0 saturated heterocycles. The summed E-state index contributed by atoms with van der Waals surface area (Å²) in [6, 6.07) is 0.333. The molecule has 2 heteroatoms. The molecule has 72 valence electrons. The van der Waals surface area contributed by atoms with E-state index < -0.39 is 0 Å². The van der Waals surface area contributed by atoms with E-state index in [0.29, 0.717) is 17.9 Å². The van der Waals surface area contributed by atoms with E-state index in [2.05, 4.69) is 6.92 Å². The van der Waals surface area contributed by atoms with Gasteiger partial charge in [0.25, 0.3) is 0 Å². The zero-order valence-electron chi connectivity index (χ0n) is 8.16. The van der Waals surface area contributed by atoms with Crippen molar-refractivity contribution >= 4 is 0 Å². The van der Waals surface area contributed by atoms with Gasteiger partial charge in [0.1, 0.15) is 0 Å². The number of aliphatic hydroxyl groups is 1. The van der Waals surface area contributed by atoms with Gasteiger partial charge in [-0.1, -0.05) is 0 Å². The minimum absolute atomic E-state index is 0.126. The number of rotatable bonds is 2. The van der Waals surface area contributed by atoms with E-state index in [1.165, 1.54) is 12.8 Å². The molecular formula is C10H21NO. The van der Waals surface area contributed by atoms with Crippen LogP contribution in [0, 0.1) is 11.8 Å². The minimum atomic E-state index is -0.126. The summed E-state index contributed by atoms with van der Waals surface area (Å²) in [5, 5.41) is 9.37. The van der Waals surface area contributed by atoms with Crippen LogP contribution in [0.5, 0.6) is 0 Å². The topological polar surface area (TPSA) is 46.2 Å². The van der Waals surface area contributed by atoms with E-state index in [0.717, 1.165) is 12.8 Å². The van der Waals surface area contributed by atoms with Crippen LogP contribution in [-0.2, 0) is 0 Å². The van der Waals surface area contributed by atoms with Crippen LogP contribution in [0.1, 0.15) is 39.5 Å². The maximum atomic E-state index is 9.37. The van der Waals surface area contributed by atoms with Gasteiger partial charge in [0.05, 0.1) is 6.10 Å². The van der Waals surface area contributed by atoms with Crippen molar-refractivity contribution in [2.45, 2.75) is 51.7 Å². The van der Waals surface area contributed by atoms with Gasteiger partial charge in [0.2, 0.25) is 0 Å². The summed E-state index contributed by atoms with van der Waals surface area (Å²) < 4.78 is 0. The Morgan fingerprint density at radius 3 is 1.83 bits per heavy atom. The normalized spacial score (nSPS) is 36.0. The molecule has 1 rings (SSSR count). The van der Waals surface area contributed by atoms with Crippen LogP contribution in [0.4, 0.5) is 0 Å². The highest BCUT2D eigenvalue weighted by Gasteiger charge is 2.25. The van der Waals surface area contributed by atoms with Crippen molar-refractivity contribution in [3.8, 4) is 0 Å². The molecule has 12 heavy (non-hydrogen) atoms. The van der Waals surface area contributed by atoms with Crippen molar-refractivity contribution in [3.63, 3.8) is 0 Å². The van der Waals surface area contributed by atoms with Crippen LogP contribution in [0.2, 0.25) is 0 Å². The van der Waals surface area contributed by atoms with Crippen molar-refractivity contribution in [2.24, 2.45) is 17.6 Å². The zero-order valence-corrected chi connectivity index (χ0v) is 8.16. The van der Waals surface area contributed by atoms with Crippen LogP contribution in [0.25, 0.3) is 0 Å². The Labute approximate surface area is 75.2 Å². The molecule has 0 bridgehead atoms. The van der Waals surface area contributed by atoms with E-state index in [4.69, 9.17) is 5.73 Å². The van der Waals surface area contributed by atoms with E-state index >= 15 is 0 Å². The SMILES string of the molecule is CC(N)C1CCC([C@@H](C)O)CC1. The monoisotopic (exact) mass is 171 g/mol. The Balaban J connectivity index is 2.30. The molecule has 1 saturated carbocycles. The van der Waals surface area contributed by atoms with Crippen molar-refractivity contribution in [3.05, 3.63) is 0 Å². The van der Waals surface area contributed by atoms with Crippen LogP contribution in [0.15, 0.2) is 0 Å². The molecule has 0 aromatic rings. The quantitative estimate of drug-likeness (QED) is 0.661. The fraction of sp³-hybridized carbons (Fsp3) is 1.00. The Bertz CT molecular complexity index is 110. The first-order chi connectivity index (χ1) is 5.61. The summed E-state index contributed by atoms with van der Waals surface area (Å²) in [7, 11) is 0. The lowest BCUT2D eigenvalue weighted by Gasteiger charge is -2.31. The van der Waals surface area contributed by atoms with E-state index in [-0.39, 0.29) is 6.10 Å². The third kappa shape index (κ3) is 2.46. The second kappa shape index (κ2) is 4.24. The Kier molecular flexibility index (Phi) is 3.53. The highest BCUT2D eigenvalue weighted by molar-refractivity contribution is 4.79. The largest absolute Gasteiger partial charge is 0.393 e. The van der Waals surface area contributed by atoms with Gasteiger partial charge in [0.15, 0.2) is 0 Å². The average molecular weight is 171 g/mol. The number of nitrogens with two attached hydrogens (primary N) is 1. The summed E-state index contributed by atoms with van der Waals surface area (Å²) in [5.74, 6) is 1.22. The molecule has 2 nitrogen and oxygen atoms in total. The fourth-order valence-corrected chi connectivity index (χ4v) is 2.15. The highest BCUT2D eigenvalue weighted by atomic mass is 16.3. The Morgan fingerprint density at radius 2 is 1.50 bits per heavy atom. The van der Waals surface area contributed by atoms with Crippen molar-refractivity contribution in [2.75, 3.05) is 0 Å². The van der Waals surface area contributed by atoms with Gasteiger partial charge in [-0.3, -0.25) is 0 Å². The van der Waals surface area contributed by atoms with Crippen LogP contribution in [-0.4, -0.2) is 17.3 Å². The standard InChI is InChI=1S/C10H21NO/c1-7(11)9-3-5-10(6-4-9)8(2)12/h7-10,12H,3-6,11H2,1-2H3/t7?,8-,9?,10?/m1/s1. The smallest absolute Gasteiger partial charge is 0.0540 e. The summed E-state index contributed by atoms with van der Waals surface area (Å²) in [5.41, 5.74) is 5.83. The third-order valence-electron chi connectivity index (χ3n) is 3.24. The molecule has 1 aliphatic rings. The molecule has 2 atom stereocenters. The maximum absolute atomic E-state index is 9.37. The molecule has 1 aliphatic carbocycles. The molecule has 0 aromatic carbocycles. The average Bonchev–Trinajstić information content (AvgIpc) is 2.04. The lowest BCUT2D eigenvalue weighted by atomic mass is 9.77. The zero-order chi connectivity index (χ0) is 9.14. The van der Waals surface area contributed by atoms with Crippen molar-refractivity contribution in [1.29, 1.82) is 0 Å². The first-order valence-corrected chi connectivity index (χ1v) is 5.05. The molecule has 0 radical (unpaired) electrons. The Morgan fingerprint density at radius 1 is 1.08 bits per heavy atom. The van der Waals surface area contributed by atoms with E-state index in [9.17, 15) is 5.11 Å². The summed E-state index contributed by atoms with van der Waals surface area (Å²) in [6.07, 6.45) is 4.59. The second-order valence-electron chi connectivity index (χ2n) is 4.27. The van der Waals surface area contributed by atoms with Crippen LogP contribution < -0.4 is 5.73 Å². The van der Waals surface area contributed by atoms with E-state index in [1.807, 2.05) is 6.92 Å². The second-order valence-corrected chi connectivity index (χ2v) is 4.27. The molecule has 0 aliphatic heterocycles. The van der Waals surface area contributed by atoms with E-state index in [1.54, 1.807) is 0 Å². The molecular weight excluding hydrogens is 150 g/mol. The minimum Gasteiger partial charge on any atom is -0.393 e. The predicted octanol–water partition coefficient (Wildman–Crippen LogP) is 1.52. The van der Waals surface area contributed by atoms with Gasteiger partial charge in [-0.15, -0.1) is 0 Å². The molecule has 1 fully saturated rings. The van der Waals surface area contributed by atoms with Crippen molar-refractivity contribution in [1.82, 2.24) is 0 Å². The van der Waals surface area contributed by atoms with Gasteiger partial charge in [-0.2, -0.15) is 0 Å². The molecule has 1 unspecified atom stereocenters. The molecule has 3 N–H and O–H groups in total. The summed E-state index contributed by atoms with van der Waals surface area (Å²) >= 11 is 0. The summed E-state index contributed by atoms with van der Waals surface area (Å²) in [4.78, 5) is 0. The molecule has 0 amide bonds. The fourth-order valence-electron chi connectivity index (χ4n) is 2.15. The Hall–Kier alpha value is -0.0800. The number of aliphatic hydroxyl groups excluding tert-OH is 1. The number of hydrogen-bond donors (Lipinski definition) is 2.